The van der Waals surface area contributed by atoms with Crippen molar-refractivity contribution in [2.24, 2.45) is 23.2 Å². The van der Waals surface area contributed by atoms with E-state index in [0.29, 0.717) is 23.9 Å². The predicted octanol–water partition coefficient (Wildman–Crippen LogP) is 2.30. The second-order valence-corrected chi connectivity index (χ2v) is 4.78. The highest BCUT2D eigenvalue weighted by Gasteiger charge is 2.42. The SMILES string of the molecule is C[C@@H]1C(CO)CC(C)(C)[C@@H]1C. The van der Waals surface area contributed by atoms with Crippen LogP contribution in [0.25, 0.3) is 0 Å². The zero-order valence-electron chi connectivity index (χ0n) is 8.09. The van der Waals surface area contributed by atoms with Gasteiger partial charge in [-0.1, -0.05) is 27.7 Å². The molecule has 1 aliphatic carbocycles. The highest BCUT2D eigenvalue weighted by molar-refractivity contribution is 4.91. The molecule has 0 radical (unpaired) electrons. The second kappa shape index (κ2) is 2.78. The van der Waals surface area contributed by atoms with Gasteiger partial charge in [-0.05, 0) is 29.6 Å². The molecular weight excluding hydrogens is 136 g/mol. The van der Waals surface area contributed by atoms with Crippen LogP contribution in [0.4, 0.5) is 0 Å². The van der Waals surface area contributed by atoms with E-state index in [4.69, 9.17) is 5.11 Å². The van der Waals surface area contributed by atoms with Gasteiger partial charge in [0.05, 0.1) is 0 Å². The lowest BCUT2D eigenvalue weighted by Crippen LogP contribution is -2.17. The smallest absolute Gasteiger partial charge is 0.0462 e. The maximum absolute atomic E-state index is 9.09. The van der Waals surface area contributed by atoms with Gasteiger partial charge in [-0.3, -0.25) is 0 Å². The highest BCUT2D eigenvalue weighted by Crippen LogP contribution is 2.49. The van der Waals surface area contributed by atoms with E-state index in [-0.39, 0.29) is 0 Å². The average Bonchev–Trinajstić information content (AvgIpc) is 2.13. The van der Waals surface area contributed by atoms with Gasteiger partial charge in [-0.25, -0.2) is 0 Å². The van der Waals surface area contributed by atoms with Crippen LogP contribution in [0.1, 0.15) is 34.1 Å². The topological polar surface area (TPSA) is 20.2 Å². The molecule has 0 aromatic heterocycles. The summed E-state index contributed by atoms with van der Waals surface area (Å²) < 4.78 is 0. The Morgan fingerprint density at radius 1 is 1.36 bits per heavy atom. The van der Waals surface area contributed by atoms with E-state index in [1.807, 2.05) is 0 Å². The quantitative estimate of drug-likeness (QED) is 0.617. The highest BCUT2D eigenvalue weighted by atomic mass is 16.3. The van der Waals surface area contributed by atoms with Crippen molar-refractivity contribution in [3.05, 3.63) is 0 Å². The first kappa shape index (κ1) is 9.05. The summed E-state index contributed by atoms with van der Waals surface area (Å²) in [5.74, 6) is 1.98. The van der Waals surface area contributed by atoms with Gasteiger partial charge in [0.2, 0.25) is 0 Å². The average molecular weight is 156 g/mol. The standard InChI is InChI=1S/C10H20O/c1-7-8(2)10(3,4)5-9(7)6-11/h7-9,11H,5-6H2,1-4H3/t7-,8+,9?/m0/s1. The summed E-state index contributed by atoms with van der Waals surface area (Å²) in [5, 5.41) is 9.09. The van der Waals surface area contributed by atoms with Crippen LogP contribution in [0.15, 0.2) is 0 Å². The predicted molar refractivity (Wildman–Crippen MR) is 47.3 cm³/mol. The molecule has 1 fully saturated rings. The van der Waals surface area contributed by atoms with Crippen molar-refractivity contribution in [3.8, 4) is 0 Å². The third-order valence-corrected chi connectivity index (χ3v) is 3.79. The maximum atomic E-state index is 9.09. The van der Waals surface area contributed by atoms with E-state index in [0.717, 1.165) is 5.92 Å². The number of aliphatic hydroxyl groups excluding tert-OH is 1. The molecule has 1 rings (SSSR count). The van der Waals surface area contributed by atoms with Gasteiger partial charge in [-0.15, -0.1) is 0 Å². The Balaban J connectivity index is 2.69. The van der Waals surface area contributed by atoms with Gasteiger partial charge < -0.3 is 5.11 Å². The molecule has 11 heavy (non-hydrogen) atoms. The van der Waals surface area contributed by atoms with Crippen molar-refractivity contribution >= 4 is 0 Å². The first-order valence-electron chi connectivity index (χ1n) is 4.60. The summed E-state index contributed by atoms with van der Waals surface area (Å²) in [6.45, 7) is 9.56. The second-order valence-electron chi connectivity index (χ2n) is 4.78. The van der Waals surface area contributed by atoms with Gasteiger partial charge >= 0.3 is 0 Å². The van der Waals surface area contributed by atoms with Crippen LogP contribution in [0.2, 0.25) is 0 Å². The molecule has 1 N–H and O–H groups in total. The fourth-order valence-corrected chi connectivity index (χ4v) is 2.40. The zero-order valence-corrected chi connectivity index (χ0v) is 8.09. The first-order chi connectivity index (χ1) is 4.99. The van der Waals surface area contributed by atoms with Crippen molar-refractivity contribution in [1.82, 2.24) is 0 Å². The van der Waals surface area contributed by atoms with E-state index in [1.165, 1.54) is 6.42 Å². The van der Waals surface area contributed by atoms with Crippen LogP contribution >= 0.6 is 0 Å². The summed E-state index contributed by atoms with van der Waals surface area (Å²) >= 11 is 0. The largest absolute Gasteiger partial charge is 0.396 e. The fourth-order valence-electron chi connectivity index (χ4n) is 2.40. The lowest BCUT2D eigenvalue weighted by molar-refractivity contribution is 0.191. The monoisotopic (exact) mass is 156 g/mol. The summed E-state index contributed by atoms with van der Waals surface area (Å²) in [7, 11) is 0. The molecule has 0 aromatic carbocycles. The molecule has 1 aliphatic rings. The van der Waals surface area contributed by atoms with Gasteiger partial charge in [-0.2, -0.15) is 0 Å². The summed E-state index contributed by atoms with van der Waals surface area (Å²) in [6.07, 6.45) is 1.19. The van der Waals surface area contributed by atoms with Gasteiger partial charge in [0.1, 0.15) is 0 Å². The minimum Gasteiger partial charge on any atom is -0.396 e. The molecule has 0 spiro atoms. The Kier molecular flexibility index (Phi) is 2.29. The van der Waals surface area contributed by atoms with E-state index >= 15 is 0 Å². The van der Waals surface area contributed by atoms with Crippen LogP contribution < -0.4 is 0 Å². The van der Waals surface area contributed by atoms with E-state index in [9.17, 15) is 0 Å². The van der Waals surface area contributed by atoms with Crippen molar-refractivity contribution < 1.29 is 5.11 Å². The third kappa shape index (κ3) is 1.44. The molecule has 66 valence electrons. The van der Waals surface area contributed by atoms with Crippen LogP contribution in [-0.2, 0) is 0 Å². The minimum absolute atomic E-state index is 0.370. The van der Waals surface area contributed by atoms with Gasteiger partial charge in [0, 0.05) is 6.61 Å². The number of hydrogen-bond donors (Lipinski definition) is 1. The molecule has 0 heterocycles. The summed E-state index contributed by atoms with van der Waals surface area (Å²) in [5.41, 5.74) is 0.437. The molecule has 1 saturated carbocycles. The first-order valence-corrected chi connectivity index (χ1v) is 4.60. The van der Waals surface area contributed by atoms with E-state index < -0.39 is 0 Å². The Bertz CT molecular complexity index is 140. The molecule has 0 aromatic rings. The molecule has 3 atom stereocenters. The van der Waals surface area contributed by atoms with Crippen molar-refractivity contribution in [2.75, 3.05) is 6.61 Å². The summed E-state index contributed by atoms with van der Waals surface area (Å²) in [4.78, 5) is 0. The third-order valence-electron chi connectivity index (χ3n) is 3.79. The molecule has 1 nitrogen and oxygen atoms in total. The van der Waals surface area contributed by atoms with E-state index in [1.54, 1.807) is 0 Å². The number of rotatable bonds is 1. The zero-order chi connectivity index (χ0) is 8.65. The van der Waals surface area contributed by atoms with Crippen LogP contribution in [0.5, 0.6) is 0 Å². The number of hydrogen-bond acceptors (Lipinski definition) is 1. The van der Waals surface area contributed by atoms with E-state index in [2.05, 4.69) is 27.7 Å². The fraction of sp³-hybridized carbons (Fsp3) is 1.00. The lowest BCUT2D eigenvalue weighted by Gasteiger charge is -2.25. The lowest BCUT2D eigenvalue weighted by atomic mass is 9.81. The van der Waals surface area contributed by atoms with Crippen molar-refractivity contribution in [2.45, 2.75) is 34.1 Å². The number of aliphatic hydroxyl groups is 1. The van der Waals surface area contributed by atoms with Crippen LogP contribution in [-0.4, -0.2) is 11.7 Å². The Morgan fingerprint density at radius 3 is 2.09 bits per heavy atom. The van der Waals surface area contributed by atoms with Gasteiger partial charge in [0.25, 0.3) is 0 Å². The molecule has 0 bridgehead atoms. The van der Waals surface area contributed by atoms with Gasteiger partial charge in [0.15, 0.2) is 0 Å². The van der Waals surface area contributed by atoms with Crippen LogP contribution in [0.3, 0.4) is 0 Å². The van der Waals surface area contributed by atoms with Crippen LogP contribution in [0, 0.1) is 23.2 Å². The van der Waals surface area contributed by atoms with Crippen molar-refractivity contribution in [3.63, 3.8) is 0 Å². The Morgan fingerprint density at radius 2 is 1.91 bits per heavy atom. The normalized spacial score (nSPS) is 42.8. The minimum atomic E-state index is 0.370. The molecule has 1 heteroatoms. The molecular formula is C10H20O. The molecule has 0 amide bonds. The maximum Gasteiger partial charge on any atom is 0.0462 e. The Hall–Kier alpha value is -0.0400. The molecule has 0 saturated heterocycles. The summed E-state index contributed by atoms with van der Waals surface area (Å²) in [6, 6.07) is 0. The Labute approximate surface area is 69.8 Å². The molecule has 1 unspecified atom stereocenters. The van der Waals surface area contributed by atoms with Crippen molar-refractivity contribution in [1.29, 1.82) is 0 Å². The molecule has 0 aliphatic heterocycles.